The van der Waals surface area contributed by atoms with Gasteiger partial charge in [-0.2, -0.15) is 0 Å². The van der Waals surface area contributed by atoms with E-state index in [-0.39, 0.29) is 0 Å². The molecule has 0 bridgehead atoms. The van der Waals surface area contributed by atoms with Crippen LogP contribution in [0.2, 0.25) is 5.02 Å². The second-order valence-electron chi connectivity index (χ2n) is 3.92. The van der Waals surface area contributed by atoms with Crippen LogP contribution in [-0.4, -0.2) is 4.99 Å². The Hall–Kier alpha value is -1.10. The maximum Gasteiger partial charge on any atom is 0.120 e. The molecule has 5 heteroatoms. The molecule has 0 fully saturated rings. The number of ether oxygens (including phenoxy) is 1. The first kappa shape index (κ1) is 14.3. The highest BCUT2D eigenvalue weighted by atomic mass is 79.9. The van der Waals surface area contributed by atoms with Gasteiger partial charge in [-0.05, 0) is 51.8 Å². The Morgan fingerprint density at radius 2 is 2.05 bits per heavy atom. The van der Waals surface area contributed by atoms with Gasteiger partial charge in [0, 0.05) is 15.1 Å². The maximum atomic E-state index is 5.92. The Balaban J connectivity index is 2.08. The van der Waals surface area contributed by atoms with E-state index in [9.17, 15) is 0 Å². The Kier molecular flexibility index (Phi) is 4.80. The SMILES string of the molecule is NC(=S)c1ccc(OCc2cccc(Cl)c2)cc1Br. The van der Waals surface area contributed by atoms with E-state index in [1.807, 2.05) is 42.5 Å². The smallest absolute Gasteiger partial charge is 0.120 e. The van der Waals surface area contributed by atoms with Crippen LogP contribution in [-0.2, 0) is 6.61 Å². The molecule has 0 aliphatic heterocycles. The summed E-state index contributed by atoms with van der Waals surface area (Å²) in [6.07, 6.45) is 0. The number of benzene rings is 2. The summed E-state index contributed by atoms with van der Waals surface area (Å²) in [5.74, 6) is 0.742. The van der Waals surface area contributed by atoms with Crippen molar-refractivity contribution in [3.8, 4) is 5.75 Å². The minimum absolute atomic E-state index is 0.355. The van der Waals surface area contributed by atoms with Crippen LogP contribution in [0.25, 0.3) is 0 Å². The van der Waals surface area contributed by atoms with Gasteiger partial charge in [0.05, 0.1) is 0 Å². The van der Waals surface area contributed by atoms with E-state index < -0.39 is 0 Å². The summed E-state index contributed by atoms with van der Waals surface area (Å²) in [7, 11) is 0. The van der Waals surface area contributed by atoms with Gasteiger partial charge in [-0.15, -0.1) is 0 Å². The fraction of sp³-hybridized carbons (Fsp3) is 0.0714. The first-order valence-electron chi connectivity index (χ1n) is 5.53. The molecule has 2 aromatic rings. The van der Waals surface area contributed by atoms with Gasteiger partial charge >= 0.3 is 0 Å². The first-order chi connectivity index (χ1) is 9.06. The molecule has 0 radical (unpaired) electrons. The van der Waals surface area contributed by atoms with E-state index in [0.29, 0.717) is 16.6 Å². The average molecular weight is 357 g/mol. The summed E-state index contributed by atoms with van der Waals surface area (Å²) in [6, 6.07) is 13.1. The van der Waals surface area contributed by atoms with E-state index in [2.05, 4.69) is 15.9 Å². The molecule has 0 atom stereocenters. The molecule has 0 aliphatic rings. The molecule has 98 valence electrons. The summed E-state index contributed by atoms with van der Waals surface area (Å²) in [4.78, 5) is 0.355. The molecule has 2 N–H and O–H groups in total. The van der Waals surface area contributed by atoms with Crippen LogP contribution >= 0.6 is 39.7 Å². The molecule has 0 spiro atoms. The number of thiocarbonyl (C=S) groups is 1. The minimum atomic E-state index is 0.355. The van der Waals surface area contributed by atoms with Gasteiger partial charge in [0.2, 0.25) is 0 Å². The third kappa shape index (κ3) is 3.93. The normalized spacial score (nSPS) is 10.2. The zero-order valence-electron chi connectivity index (χ0n) is 9.90. The summed E-state index contributed by atoms with van der Waals surface area (Å²) in [5.41, 5.74) is 7.40. The Morgan fingerprint density at radius 3 is 2.68 bits per heavy atom. The van der Waals surface area contributed by atoms with Gasteiger partial charge < -0.3 is 10.5 Å². The van der Waals surface area contributed by atoms with Crippen LogP contribution in [0.4, 0.5) is 0 Å². The summed E-state index contributed by atoms with van der Waals surface area (Å²) in [6.45, 7) is 0.458. The van der Waals surface area contributed by atoms with Gasteiger partial charge in [-0.25, -0.2) is 0 Å². The van der Waals surface area contributed by atoms with Crippen LogP contribution < -0.4 is 10.5 Å². The summed E-state index contributed by atoms with van der Waals surface area (Å²) in [5, 5.41) is 0.700. The highest BCUT2D eigenvalue weighted by Crippen LogP contribution is 2.24. The zero-order valence-corrected chi connectivity index (χ0v) is 13.1. The van der Waals surface area contributed by atoms with Gasteiger partial charge in [-0.3, -0.25) is 0 Å². The van der Waals surface area contributed by atoms with Gasteiger partial charge in [0.15, 0.2) is 0 Å². The molecule has 0 aliphatic carbocycles. The lowest BCUT2D eigenvalue weighted by Crippen LogP contribution is -2.10. The molecule has 2 aromatic carbocycles. The number of hydrogen-bond donors (Lipinski definition) is 1. The summed E-state index contributed by atoms with van der Waals surface area (Å²) < 4.78 is 6.51. The maximum absolute atomic E-state index is 5.92. The Morgan fingerprint density at radius 1 is 1.26 bits per heavy atom. The number of halogens is 2. The topological polar surface area (TPSA) is 35.2 Å². The van der Waals surface area contributed by atoms with E-state index in [1.165, 1.54) is 0 Å². The highest BCUT2D eigenvalue weighted by molar-refractivity contribution is 9.10. The fourth-order valence-corrected chi connectivity index (χ4v) is 2.67. The molecule has 2 rings (SSSR count). The molecule has 0 saturated carbocycles. The number of hydrogen-bond acceptors (Lipinski definition) is 2. The molecule has 2 nitrogen and oxygen atoms in total. The molecule has 0 aromatic heterocycles. The van der Waals surface area contributed by atoms with E-state index in [0.717, 1.165) is 21.3 Å². The monoisotopic (exact) mass is 355 g/mol. The van der Waals surface area contributed by atoms with Gasteiger partial charge in [0.25, 0.3) is 0 Å². The van der Waals surface area contributed by atoms with Crippen LogP contribution in [0.5, 0.6) is 5.75 Å². The number of nitrogens with two attached hydrogens (primary N) is 1. The van der Waals surface area contributed by atoms with Crippen molar-refractivity contribution < 1.29 is 4.74 Å². The zero-order chi connectivity index (χ0) is 13.8. The number of rotatable bonds is 4. The van der Waals surface area contributed by atoms with Crippen LogP contribution in [0.15, 0.2) is 46.9 Å². The van der Waals surface area contributed by atoms with Gasteiger partial charge in [0.1, 0.15) is 17.3 Å². The Bertz CT molecular complexity index is 618. The lowest BCUT2D eigenvalue weighted by atomic mass is 10.2. The third-order valence-corrected chi connectivity index (χ3v) is 3.61. The molecule has 19 heavy (non-hydrogen) atoms. The molecule has 0 unspecified atom stereocenters. The molecule has 0 saturated heterocycles. The first-order valence-corrected chi connectivity index (χ1v) is 7.11. The quantitative estimate of drug-likeness (QED) is 0.829. The lowest BCUT2D eigenvalue weighted by Gasteiger charge is -2.09. The van der Waals surface area contributed by atoms with E-state index >= 15 is 0 Å². The van der Waals surface area contributed by atoms with E-state index in [1.54, 1.807) is 0 Å². The van der Waals surface area contributed by atoms with Crippen LogP contribution in [0.1, 0.15) is 11.1 Å². The van der Waals surface area contributed by atoms with Crippen molar-refractivity contribution in [3.63, 3.8) is 0 Å². The van der Waals surface area contributed by atoms with Crippen molar-refractivity contribution in [2.75, 3.05) is 0 Å². The third-order valence-electron chi connectivity index (χ3n) is 2.50. The van der Waals surface area contributed by atoms with Crippen molar-refractivity contribution >= 4 is 44.7 Å². The molecule has 0 amide bonds. The molecular formula is C14H11BrClNOS. The Labute approximate surface area is 130 Å². The second kappa shape index (κ2) is 6.37. The highest BCUT2D eigenvalue weighted by Gasteiger charge is 2.05. The predicted octanol–water partition coefficient (Wildman–Crippen LogP) is 4.32. The van der Waals surface area contributed by atoms with E-state index in [4.69, 9.17) is 34.3 Å². The van der Waals surface area contributed by atoms with Crippen molar-refractivity contribution in [2.24, 2.45) is 5.73 Å². The van der Waals surface area contributed by atoms with Crippen molar-refractivity contribution in [3.05, 3.63) is 63.1 Å². The largest absolute Gasteiger partial charge is 0.489 e. The fourth-order valence-electron chi connectivity index (χ4n) is 1.58. The predicted molar refractivity (Wildman–Crippen MR) is 85.8 cm³/mol. The average Bonchev–Trinajstić information content (AvgIpc) is 2.36. The van der Waals surface area contributed by atoms with Crippen molar-refractivity contribution in [1.29, 1.82) is 0 Å². The van der Waals surface area contributed by atoms with Gasteiger partial charge in [-0.1, -0.05) is 36.0 Å². The molecule has 0 heterocycles. The second-order valence-corrected chi connectivity index (χ2v) is 5.66. The summed E-state index contributed by atoms with van der Waals surface area (Å²) >= 11 is 14.3. The van der Waals surface area contributed by atoms with Crippen LogP contribution in [0.3, 0.4) is 0 Å². The lowest BCUT2D eigenvalue weighted by molar-refractivity contribution is 0.306. The standard InChI is InChI=1S/C14H11BrClNOS/c15-13-7-11(4-5-12(13)14(17)19)18-8-9-2-1-3-10(16)6-9/h1-7H,8H2,(H2,17,19). The van der Waals surface area contributed by atoms with Crippen molar-refractivity contribution in [2.45, 2.75) is 6.61 Å². The minimum Gasteiger partial charge on any atom is -0.489 e. The van der Waals surface area contributed by atoms with Crippen LogP contribution in [0, 0.1) is 0 Å². The van der Waals surface area contributed by atoms with Crippen molar-refractivity contribution in [1.82, 2.24) is 0 Å². The molecular weight excluding hydrogens is 346 g/mol.